The van der Waals surface area contributed by atoms with Gasteiger partial charge in [-0.05, 0) is 23.5 Å². The van der Waals surface area contributed by atoms with Crippen LogP contribution in [0.2, 0.25) is 0 Å². The standard InChI is InChI=1S/C19H24N2O/c20-18-17(11-12-22)14-21(13-15-7-3-1-4-8-15)19(18)16-9-5-2-6-10-16/h1-10,17-19,22H,11-14,20H2/t17-,18-,19+/m0/s1. The van der Waals surface area contributed by atoms with Crippen LogP contribution in [-0.4, -0.2) is 29.2 Å². The summed E-state index contributed by atoms with van der Waals surface area (Å²) in [6.07, 6.45) is 0.774. The van der Waals surface area contributed by atoms with Crippen molar-refractivity contribution in [2.45, 2.75) is 25.0 Å². The highest BCUT2D eigenvalue weighted by atomic mass is 16.3. The number of aliphatic hydroxyl groups excluding tert-OH is 1. The quantitative estimate of drug-likeness (QED) is 0.891. The highest BCUT2D eigenvalue weighted by Gasteiger charge is 2.39. The maximum atomic E-state index is 9.30. The molecule has 0 spiro atoms. The molecule has 1 fully saturated rings. The van der Waals surface area contributed by atoms with E-state index in [2.05, 4.69) is 53.4 Å². The Morgan fingerprint density at radius 1 is 1.00 bits per heavy atom. The summed E-state index contributed by atoms with van der Waals surface area (Å²) in [6.45, 7) is 2.05. The molecule has 1 heterocycles. The van der Waals surface area contributed by atoms with Crippen molar-refractivity contribution >= 4 is 0 Å². The minimum absolute atomic E-state index is 0.0678. The van der Waals surface area contributed by atoms with Crippen LogP contribution < -0.4 is 5.73 Å². The minimum Gasteiger partial charge on any atom is -0.396 e. The lowest BCUT2D eigenvalue weighted by molar-refractivity contribution is 0.231. The SMILES string of the molecule is N[C@H]1[C@@H](CCO)CN(Cc2ccccc2)[C@@H]1c1ccccc1. The van der Waals surface area contributed by atoms with Gasteiger partial charge in [-0.15, -0.1) is 0 Å². The molecule has 0 radical (unpaired) electrons. The van der Waals surface area contributed by atoms with Crippen molar-refractivity contribution in [3.05, 3.63) is 71.8 Å². The maximum absolute atomic E-state index is 9.30. The molecule has 0 bridgehead atoms. The second-order valence-electron chi connectivity index (χ2n) is 6.12. The highest BCUT2D eigenvalue weighted by Crippen LogP contribution is 2.36. The van der Waals surface area contributed by atoms with Crippen molar-refractivity contribution in [1.82, 2.24) is 4.90 Å². The van der Waals surface area contributed by atoms with Gasteiger partial charge in [-0.3, -0.25) is 4.90 Å². The lowest BCUT2D eigenvalue weighted by Gasteiger charge is -2.27. The average molecular weight is 296 g/mol. The van der Waals surface area contributed by atoms with E-state index in [1.165, 1.54) is 11.1 Å². The zero-order valence-electron chi connectivity index (χ0n) is 12.8. The number of benzene rings is 2. The summed E-state index contributed by atoms with van der Waals surface area (Å²) < 4.78 is 0. The fraction of sp³-hybridized carbons (Fsp3) is 0.368. The van der Waals surface area contributed by atoms with Gasteiger partial charge in [0.25, 0.3) is 0 Å². The Hall–Kier alpha value is -1.68. The van der Waals surface area contributed by atoms with Gasteiger partial charge in [0.15, 0.2) is 0 Å². The van der Waals surface area contributed by atoms with Crippen molar-refractivity contribution in [1.29, 1.82) is 0 Å². The van der Waals surface area contributed by atoms with Crippen LogP contribution in [0.5, 0.6) is 0 Å². The average Bonchev–Trinajstić information content (AvgIpc) is 2.85. The van der Waals surface area contributed by atoms with Gasteiger partial charge in [0, 0.05) is 25.7 Å². The minimum atomic E-state index is 0.0678. The Morgan fingerprint density at radius 2 is 1.64 bits per heavy atom. The molecule has 3 nitrogen and oxygen atoms in total. The molecule has 1 saturated heterocycles. The molecule has 0 amide bonds. The van der Waals surface area contributed by atoms with Gasteiger partial charge in [0.1, 0.15) is 0 Å². The Balaban J connectivity index is 1.85. The van der Waals surface area contributed by atoms with E-state index in [1.807, 2.05) is 12.1 Å². The smallest absolute Gasteiger partial charge is 0.0506 e. The van der Waals surface area contributed by atoms with Crippen molar-refractivity contribution in [3.63, 3.8) is 0 Å². The van der Waals surface area contributed by atoms with E-state index in [4.69, 9.17) is 5.73 Å². The van der Waals surface area contributed by atoms with E-state index < -0.39 is 0 Å². The predicted octanol–water partition coefficient (Wildman–Crippen LogP) is 2.57. The number of nitrogens with zero attached hydrogens (tertiary/aromatic N) is 1. The molecule has 0 saturated carbocycles. The lowest BCUT2D eigenvalue weighted by atomic mass is 9.92. The second-order valence-corrected chi connectivity index (χ2v) is 6.12. The van der Waals surface area contributed by atoms with Crippen LogP contribution in [0, 0.1) is 5.92 Å². The molecule has 1 aliphatic rings. The van der Waals surface area contributed by atoms with Gasteiger partial charge in [-0.1, -0.05) is 60.7 Å². The summed E-state index contributed by atoms with van der Waals surface area (Å²) in [5, 5.41) is 9.30. The van der Waals surface area contributed by atoms with Crippen LogP contribution in [0.4, 0.5) is 0 Å². The van der Waals surface area contributed by atoms with Crippen LogP contribution in [0.15, 0.2) is 60.7 Å². The molecule has 3 rings (SSSR count). The Bertz CT molecular complexity index is 573. The molecule has 3 N–H and O–H groups in total. The molecule has 3 heteroatoms. The number of hydrogen-bond acceptors (Lipinski definition) is 3. The van der Waals surface area contributed by atoms with Crippen molar-refractivity contribution in [2.75, 3.05) is 13.2 Å². The van der Waals surface area contributed by atoms with Crippen molar-refractivity contribution in [2.24, 2.45) is 11.7 Å². The fourth-order valence-corrected chi connectivity index (χ4v) is 3.55. The first kappa shape index (κ1) is 15.2. The van der Waals surface area contributed by atoms with Crippen molar-refractivity contribution in [3.8, 4) is 0 Å². The van der Waals surface area contributed by atoms with Crippen LogP contribution in [0.1, 0.15) is 23.6 Å². The summed E-state index contributed by atoms with van der Waals surface area (Å²) in [5.74, 6) is 0.346. The number of aliphatic hydroxyl groups is 1. The van der Waals surface area contributed by atoms with Gasteiger partial charge in [-0.25, -0.2) is 0 Å². The van der Waals surface area contributed by atoms with E-state index in [0.717, 1.165) is 19.5 Å². The molecular formula is C19H24N2O. The first-order valence-corrected chi connectivity index (χ1v) is 7.99. The van der Waals surface area contributed by atoms with Gasteiger partial charge in [-0.2, -0.15) is 0 Å². The molecule has 2 aromatic carbocycles. The van der Waals surface area contributed by atoms with Crippen LogP contribution in [-0.2, 0) is 6.54 Å². The maximum Gasteiger partial charge on any atom is 0.0506 e. The Morgan fingerprint density at radius 3 is 2.27 bits per heavy atom. The summed E-state index contributed by atoms with van der Waals surface area (Å²) >= 11 is 0. The number of likely N-dealkylation sites (tertiary alicyclic amines) is 1. The van der Waals surface area contributed by atoms with Gasteiger partial charge in [0.05, 0.1) is 6.04 Å². The topological polar surface area (TPSA) is 49.5 Å². The third kappa shape index (κ3) is 3.22. The van der Waals surface area contributed by atoms with Gasteiger partial charge in [0.2, 0.25) is 0 Å². The molecule has 1 aliphatic heterocycles. The monoisotopic (exact) mass is 296 g/mol. The predicted molar refractivity (Wildman–Crippen MR) is 89.2 cm³/mol. The summed E-state index contributed by atoms with van der Waals surface area (Å²) in [4.78, 5) is 2.45. The third-order valence-corrected chi connectivity index (χ3v) is 4.64. The van der Waals surface area contributed by atoms with Crippen LogP contribution in [0.3, 0.4) is 0 Å². The third-order valence-electron chi connectivity index (χ3n) is 4.64. The molecule has 2 aromatic rings. The first-order valence-electron chi connectivity index (χ1n) is 7.99. The number of hydrogen-bond donors (Lipinski definition) is 2. The Labute approximate surface area is 132 Å². The summed E-state index contributed by atoms with van der Waals surface area (Å²) in [5.41, 5.74) is 9.11. The zero-order chi connectivity index (χ0) is 15.4. The molecule has 0 unspecified atom stereocenters. The number of nitrogens with two attached hydrogens (primary N) is 1. The lowest BCUT2D eigenvalue weighted by Crippen LogP contribution is -2.34. The van der Waals surface area contributed by atoms with E-state index in [9.17, 15) is 5.11 Å². The number of rotatable bonds is 5. The van der Waals surface area contributed by atoms with Gasteiger partial charge < -0.3 is 10.8 Å². The van der Waals surface area contributed by atoms with E-state index in [-0.39, 0.29) is 18.7 Å². The molecule has 22 heavy (non-hydrogen) atoms. The second kappa shape index (κ2) is 7.05. The molecule has 116 valence electrons. The summed E-state index contributed by atoms with van der Waals surface area (Å²) in [6, 6.07) is 21.3. The van der Waals surface area contributed by atoms with Crippen LogP contribution in [0.25, 0.3) is 0 Å². The first-order chi connectivity index (χ1) is 10.8. The molecule has 0 aromatic heterocycles. The van der Waals surface area contributed by atoms with Gasteiger partial charge >= 0.3 is 0 Å². The fourth-order valence-electron chi connectivity index (χ4n) is 3.55. The highest BCUT2D eigenvalue weighted by molar-refractivity contribution is 5.24. The summed E-state index contributed by atoms with van der Waals surface area (Å²) in [7, 11) is 0. The van der Waals surface area contributed by atoms with Crippen LogP contribution >= 0.6 is 0 Å². The Kier molecular flexibility index (Phi) is 4.88. The molecule has 0 aliphatic carbocycles. The van der Waals surface area contributed by atoms with E-state index >= 15 is 0 Å². The van der Waals surface area contributed by atoms with E-state index in [0.29, 0.717) is 5.92 Å². The molecule has 3 atom stereocenters. The van der Waals surface area contributed by atoms with E-state index in [1.54, 1.807) is 0 Å². The largest absolute Gasteiger partial charge is 0.396 e. The zero-order valence-corrected chi connectivity index (χ0v) is 12.8. The molecular weight excluding hydrogens is 272 g/mol. The van der Waals surface area contributed by atoms with Crippen molar-refractivity contribution < 1.29 is 5.11 Å². The normalized spacial score (nSPS) is 25.5.